The minimum Gasteiger partial charge on any atom is -0.354 e. The van der Waals surface area contributed by atoms with Crippen LogP contribution in [0.2, 0.25) is 0 Å². The number of hydrogen-bond acceptors (Lipinski definition) is 4. The number of rotatable bonds is 1. The molecule has 1 aromatic rings. The molecule has 1 aromatic heterocycles. The van der Waals surface area contributed by atoms with Gasteiger partial charge in [-0.15, -0.1) is 12.4 Å². The summed E-state index contributed by atoms with van der Waals surface area (Å²) in [6, 6.07) is 7.96. The second kappa shape index (κ2) is 5.15. The Labute approximate surface area is 101 Å². The number of anilines is 1. The molecule has 1 aliphatic heterocycles. The van der Waals surface area contributed by atoms with Crippen molar-refractivity contribution in [3.05, 3.63) is 24.4 Å². The monoisotopic (exact) mass is 238 g/mol. The summed E-state index contributed by atoms with van der Waals surface area (Å²) < 4.78 is 0. The van der Waals surface area contributed by atoms with E-state index < -0.39 is 5.54 Å². The van der Waals surface area contributed by atoms with Crippen LogP contribution in [0.5, 0.6) is 0 Å². The van der Waals surface area contributed by atoms with Crippen LogP contribution in [0.3, 0.4) is 0 Å². The Morgan fingerprint density at radius 1 is 1.50 bits per heavy atom. The highest BCUT2D eigenvalue weighted by molar-refractivity contribution is 5.85. The smallest absolute Gasteiger partial charge is 0.128 e. The summed E-state index contributed by atoms with van der Waals surface area (Å²) in [5.41, 5.74) is 5.24. The van der Waals surface area contributed by atoms with Crippen molar-refractivity contribution in [1.29, 1.82) is 5.26 Å². The molecule has 0 amide bonds. The zero-order valence-electron chi connectivity index (χ0n) is 8.97. The Bertz CT molecular complexity index is 375. The predicted octanol–water partition coefficient (Wildman–Crippen LogP) is 1.32. The lowest BCUT2D eigenvalue weighted by molar-refractivity contribution is 0.422. The molecule has 2 N–H and O–H groups in total. The van der Waals surface area contributed by atoms with Crippen LogP contribution in [0.1, 0.15) is 12.8 Å². The summed E-state index contributed by atoms with van der Waals surface area (Å²) in [5.74, 6) is 0.905. The standard InChI is InChI=1S/C11H14N4.ClH/c12-8-11(13)5-3-7-15(9-11)10-4-1-2-6-14-10;/h1-2,4,6H,3,5,7,9,13H2;1H. The lowest BCUT2D eigenvalue weighted by Gasteiger charge is -2.36. The van der Waals surface area contributed by atoms with E-state index in [1.165, 1.54) is 0 Å². The van der Waals surface area contributed by atoms with Crippen molar-refractivity contribution in [1.82, 2.24) is 4.98 Å². The van der Waals surface area contributed by atoms with Crippen molar-refractivity contribution in [2.45, 2.75) is 18.4 Å². The van der Waals surface area contributed by atoms with Crippen molar-refractivity contribution in [2.75, 3.05) is 18.0 Å². The van der Waals surface area contributed by atoms with Crippen LogP contribution in [-0.2, 0) is 0 Å². The highest BCUT2D eigenvalue weighted by atomic mass is 35.5. The SMILES string of the molecule is Cl.N#CC1(N)CCCN(c2ccccn2)C1. The average Bonchev–Trinajstić information content (AvgIpc) is 2.30. The third-order valence-corrected chi connectivity index (χ3v) is 2.72. The molecule has 0 saturated carbocycles. The number of halogens is 1. The van der Waals surface area contributed by atoms with Gasteiger partial charge in [0.05, 0.1) is 12.6 Å². The Morgan fingerprint density at radius 3 is 2.94 bits per heavy atom. The number of piperidine rings is 1. The molecule has 0 aliphatic carbocycles. The molecule has 1 unspecified atom stereocenters. The van der Waals surface area contributed by atoms with Gasteiger partial charge in [-0.25, -0.2) is 4.98 Å². The minimum absolute atomic E-state index is 0. The lowest BCUT2D eigenvalue weighted by atomic mass is 9.92. The number of nitriles is 1. The molecule has 86 valence electrons. The van der Waals surface area contributed by atoms with Crippen LogP contribution >= 0.6 is 12.4 Å². The summed E-state index contributed by atoms with van der Waals surface area (Å²) in [6.07, 6.45) is 3.47. The average molecular weight is 239 g/mol. The fraction of sp³-hybridized carbons (Fsp3) is 0.455. The third kappa shape index (κ3) is 2.63. The minimum atomic E-state index is -0.713. The maximum atomic E-state index is 8.99. The topological polar surface area (TPSA) is 65.9 Å². The van der Waals surface area contributed by atoms with Gasteiger partial charge >= 0.3 is 0 Å². The fourth-order valence-corrected chi connectivity index (χ4v) is 1.91. The number of aromatic nitrogens is 1. The molecule has 5 heteroatoms. The van der Waals surface area contributed by atoms with Gasteiger partial charge in [0.2, 0.25) is 0 Å². The molecule has 0 aromatic carbocycles. The molecule has 0 radical (unpaired) electrons. The van der Waals surface area contributed by atoms with E-state index in [0.29, 0.717) is 6.54 Å². The lowest BCUT2D eigenvalue weighted by Crippen LogP contribution is -2.53. The van der Waals surface area contributed by atoms with Gasteiger partial charge in [0.15, 0.2) is 0 Å². The van der Waals surface area contributed by atoms with E-state index in [1.54, 1.807) is 6.20 Å². The summed E-state index contributed by atoms with van der Waals surface area (Å²) in [7, 11) is 0. The van der Waals surface area contributed by atoms with Crippen molar-refractivity contribution < 1.29 is 0 Å². The first-order chi connectivity index (χ1) is 7.23. The molecule has 1 fully saturated rings. The zero-order valence-corrected chi connectivity index (χ0v) is 9.78. The van der Waals surface area contributed by atoms with E-state index in [0.717, 1.165) is 25.2 Å². The van der Waals surface area contributed by atoms with Gasteiger partial charge in [0, 0.05) is 12.7 Å². The Balaban J connectivity index is 0.00000128. The second-order valence-corrected chi connectivity index (χ2v) is 3.98. The number of nitrogens with zero attached hydrogens (tertiary/aromatic N) is 3. The van der Waals surface area contributed by atoms with Gasteiger partial charge in [-0.05, 0) is 25.0 Å². The maximum Gasteiger partial charge on any atom is 0.128 e. The molecule has 2 heterocycles. The first-order valence-electron chi connectivity index (χ1n) is 5.10. The van der Waals surface area contributed by atoms with Crippen molar-refractivity contribution >= 4 is 18.2 Å². The molecular weight excluding hydrogens is 224 g/mol. The Hall–Kier alpha value is -1.31. The molecule has 1 atom stereocenters. The van der Waals surface area contributed by atoms with E-state index in [-0.39, 0.29) is 12.4 Å². The first-order valence-corrected chi connectivity index (χ1v) is 5.10. The van der Waals surface area contributed by atoms with Crippen LogP contribution < -0.4 is 10.6 Å². The predicted molar refractivity (Wildman–Crippen MR) is 65.5 cm³/mol. The quantitative estimate of drug-likeness (QED) is 0.802. The second-order valence-electron chi connectivity index (χ2n) is 3.98. The first kappa shape index (κ1) is 12.8. The molecule has 16 heavy (non-hydrogen) atoms. The van der Waals surface area contributed by atoms with E-state index in [9.17, 15) is 0 Å². The van der Waals surface area contributed by atoms with Gasteiger partial charge in [-0.2, -0.15) is 5.26 Å². The van der Waals surface area contributed by atoms with E-state index >= 15 is 0 Å². The highest BCUT2D eigenvalue weighted by Gasteiger charge is 2.31. The molecule has 2 rings (SSSR count). The molecular formula is C11H15ClN4. The highest BCUT2D eigenvalue weighted by Crippen LogP contribution is 2.22. The Morgan fingerprint density at radius 2 is 2.31 bits per heavy atom. The summed E-state index contributed by atoms with van der Waals surface area (Å²) in [4.78, 5) is 6.34. The number of pyridine rings is 1. The van der Waals surface area contributed by atoms with Gasteiger partial charge in [0.1, 0.15) is 11.4 Å². The van der Waals surface area contributed by atoms with Crippen molar-refractivity contribution in [3.8, 4) is 6.07 Å². The van der Waals surface area contributed by atoms with Crippen molar-refractivity contribution in [2.24, 2.45) is 5.73 Å². The van der Waals surface area contributed by atoms with E-state index in [1.807, 2.05) is 18.2 Å². The van der Waals surface area contributed by atoms with Crippen molar-refractivity contribution in [3.63, 3.8) is 0 Å². The van der Waals surface area contributed by atoms with E-state index in [4.69, 9.17) is 11.0 Å². The number of hydrogen-bond donors (Lipinski definition) is 1. The molecule has 1 aliphatic rings. The summed E-state index contributed by atoms with van der Waals surface area (Å²) >= 11 is 0. The fourth-order valence-electron chi connectivity index (χ4n) is 1.91. The van der Waals surface area contributed by atoms with Crippen LogP contribution in [0.4, 0.5) is 5.82 Å². The molecule has 0 spiro atoms. The number of nitrogens with two attached hydrogens (primary N) is 1. The van der Waals surface area contributed by atoms with Crippen LogP contribution in [0.25, 0.3) is 0 Å². The third-order valence-electron chi connectivity index (χ3n) is 2.72. The van der Waals surface area contributed by atoms with Crippen LogP contribution in [0.15, 0.2) is 24.4 Å². The van der Waals surface area contributed by atoms with Gasteiger partial charge < -0.3 is 10.6 Å². The summed E-state index contributed by atoms with van der Waals surface area (Å²) in [6.45, 7) is 1.50. The molecule has 1 saturated heterocycles. The van der Waals surface area contributed by atoms with Gasteiger partial charge in [-0.1, -0.05) is 6.07 Å². The van der Waals surface area contributed by atoms with Crippen LogP contribution in [0, 0.1) is 11.3 Å². The Kier molecular flexibility index (Phi) is 4.11. The zero-order chi connectivity index (χ0) is 10.7. The van der Waals surface area contributed by atoms with E-state index in [2.05, 4.69) is 16.0 Å². The normalized spacial score (nSPS) is 24.4. The molecule has 4 nitrogen and oxygen atoms in total. The van der Waals surface area contributed by atoms with Gasteiger partial charge in [0.25, 0.3) is 0 Å². The van der Waals surface area contributed by atoms with Gasteiger partial charge in [-0.3, -0.25) is 0 Å². The molecule has 0 bridgehead atoms. The summed E-state index contributed by atoms with van der Waals surface area (Å²) in [5, 5.41) is 8.99. The maximum absolute atomic E-state index is 8.99. The largest absolute Gasteiger partial charge is 0.354 e. The van der Waals surface area contributed by atoms with Crippen LogP contribution in [-0.4, -0.2) is 23.6 Å².